The smallest absolute Gasteiger partial charge is 0.371 e. The standard InChI is InChI=1S/C21H24F3N7O/c1-12-9-30(11-17(32-12)15-7-27-29-13(15)2)19-5-6-25-20(28-19)16-8-26-18-4-3-14(10-31(16)18)21(22,23)24/h3-6,8,10,12-13,15,17,27,29H,7,9,11H2,1-2H3/t12-,13?,15?,17-/m0/s1. The van der Waals surface area contributed by atoms with Crippen LogP contribution >= 0.6 is 0 Å². The summed E-state index contributed by atoms with van der Waals surface area (Å²) >= 11 is 0. The lowest BCUT2D eigenvalue weighted by molar-refractivity contribution is -0.137. The highest BCUT2D eigenvalue weighted by atomic mass is 19.4. The Morgan fingerprint density at radius 1 is 1.12 bits per heavy atom. The van der Waals surface area contributed by atoms with Gasteiger partial charge in [0.05, 0.1) is 24.0 Å². The van der Waals surface area contributed by atoms with Crippen LogP contribution < -0.4 is 15.8 Å². The zero-order valence-corrected chi connectivity index (χ0v) is 17.7. The van der Waals surface area contributed by atoms with Gasteiger partial charge in [-0.15, -0.1) is 0 Å². The van der Waals surface area contributed by atoms with Crippen LogP contribution in [0.2, 0.25) is 0 Å². The first-order valence-corrected chi connectivity index (χ1v) is 10.6. The van der Waals surface area contributed by atoms with Gasteiger partial charge in [0.15, 0.2) is 5.82 Å². The largest absolute Gasteiger partial charge is 0.417 e. The van der Waals surface area contributed by atoms with Gasteiger partial charge < -0.3 is 9.64 Å². The number of alkyl halides is 3. The molecule has 2 unspecified atom stereocenters. The lowest BCUT2D eigenvalue weighted by Gasteiger charge is -2.40. The van der Waals surface area contributed by atoms with Crippen LogP contribution in [-0.2, 0) is 10.9 Å². The summed E-state index contributed by atoms with van der Waals surface area (Å²) in [4.78, 5) is 15.4. The molecule has 11 heteroatoms. The molecular formula is C21H24F3N7O. The number of hydrogen-bond acceptors (Lipinski definition) is 7. The summed E-state index contributed by atoms with van der Waals surface area (Å²) in [6, 6.07) is 4.47. The average Bonchev–Trinajstić information content (AvgIpc) is 3.38. The zero-order valence-electron chi connectivity index (χ0n) is 17.7. The van der Waals surface area contributed by atoms with E-state index in [1.807, 2.05) is 13.0 Å². The van der Waals surface area contributed by atoms with Gasteiger partial charge in [-0.1, -0.05) is 0 Å². The number of nitrogens with zero attached hydrogens (tertiary/aromatic N) is 5. The molecule has 3 aromatic rings. The molecule has 0 aliphatic carbocycles. The van der Waals surface area contributed by atoms with Crippen LogP contribution in [0.15, 0.2) is 36.8 Å². The van der Waals surface area contributed by atoms with E-state index in [-0.39, 0.29) is 18.2 Å². The van der Waals surface area contributed by atoms with E-state index in [0.717, 1.165) is 18.8 Å². The third-order valence-electron chi connectivity index (χ3n) is 6.10. The second-order valence-corrected chi connectivity index (χ2v) is 8.39. The molecule has 2 aliphatic heterocycles. The minimum Gasteiger partial charge on any atom is -0.371 e. The molecule has 0 bridgehead atoms. The second-order valence-electron chi connectivity index (χ2n) is 8.39. The van der Waals surface area contributed by atoms with Crippen molar-refractivity contribution in [3.8, 4) is 11.5 Å². The van der Waals surface area contributed by atoms with Crippen LogP contribution in [0.3, 0.4) is 0 Å². The average molecular weight is 447 g/mol. The molecule has 5 rings (SSSR count). The molecule has 4 atom stereocenters. The third kappa shape index (κ3) is 3.91. The summed E-state index contributed by atoms with van der Waals surface area (Å²) in [7, 11) is 0. The van der Waals surface area contributed by atoms with Crippen molar-refractivity contribution in [1.29, 1.82) is 0 Å². The molecule has 0 spiro atoms. The molecule has 0 amide bonds. The molecule has 2 saturated heterocycles. The van der Waals surface area contributed by atoms with Gasteiger partial charge >= 0.3 is 6.18 Å². The van der Waals surface area contributed by atoms with Crippen LogP contribution in [0.4, 0.5) is 19.0 Å². The van der Waals surface area contributed by atoms with Crippen LogP contribution in [0, 0.1) is 5.92 Å². The Balaban J connectivity index is 1.46. The normalized spacial score (nSPS) is 26.7. The van der Waals surface area contributed by atoms with E-state index in [0.29, 0.717) is 42.0 Å². The highest BCUT2D eigenvalue weighted by Crippen LogP contribution is 2.31. The van der Waals surface area contributed by atoms with Crippen LogP contribution in [0.5, 0.6) is 0 Å². The minimum atomic E-state index is -4.45. The quantitative estimate of drug-likeness (QED) is 0.639. The Morgan fingerprint density at radius 3 is 2.72 bits per heavy atom. The van der Waals surface area contributed by atoms with E-state index in [1.165, 1.54) is 16.7 Å². The number of ether oxygens (including phenoxy) is 1. The topological polar surface area (TPSA) is 79.6 Å². The van der Waals surface area contributed by atoms with Crippen LogP contribution in [-0.4, -0.2) is 57.2 Å². The molecule has 2 N–H and O–H groups in total. The van der Waals surface area contributed by atoms with Crippen molar-refractivity contribution in [3.63, 3.8) is 0 Å². The number of hydrogen-bond donors (Lipinski definition) is 2. The molecule has 0 aromatic carbocycles. The fourth-order valence-corrected chi connectivity index (χ4v) is 4.45. The molecule has 8 nitrogen and oxygen atoms in total. The monoisotopic (exact) mass is 447 g/mol. The van der Waals surface area contributed by atoms with Gasteiger partial charge in [0.2, 0.25) is 0 Å². The van der Waals surface area contributed by atoms with Gasteiger partial charge in [0, 0.05) is 44.0 Å². The fourth-order valence-electron chi connectivity index (χ4n) is 4.45. The van der Waals surface area contributed by atoms with Crippen LogP contribution in [0.25, 0.3) is 17.2 Å². The van der Waals surface area contributed by atoms with Crippen molar-refractivity contribution in [3.05, 3.63) is 42.4 Å². The number of aromatic nitrogens is 4. The minimum absolute atomic E-state index is 0.0186. The second kappa shape index (κ2) is 7.98. The van der Waals surface area contributed by atoms with Crippen molar-refractivity contribution in [2.24, 2.45) is 5.92 Å². The first-order chi connectivity index (χ1) is 15.3. The van der Waals surface area contributed by atoms with Crippen molar-refractivity contribution in [1.82, 2.24) is 30.2 Å². The number of halogens is 3. The van der Waals surface area contributed by atoms with Crippen molar-refractivity contribution in [2.75, 3.05) is 24.5 Å². The summed E-state index contributed by atoms with van der Waals surface area (Å²) in [5.41, 5.74) is 6.47. The highest BCUT2D eigenvalue weighted by molar-refractivity contribution is 5.59. The predicted molar refractivity (Wildman–Crippen MR) is 112 cm³/mol. The molecule has 32 heavy (non-hydrogen) atoms. The van der Waals surface area contributed by atoms with Gasteiger partial charge in [0.1, 0.15) is 17.2 Å². The Bertz CT molecular complexity index is 1120. The van der Waals surface area contributed by atoms with Crippen molar-refractivity contribution >= 4 is 11.5 Å². The fraction of sp³-hybridized carbons (Fsp3) is 0.476. The van der Waals surface area contributed by atoms with E-state index in [2.05, 4.69) is 37.6 Å². The summed E-state index contributed by atoms with van der Waals surface area (Å²) in [5.74, 6) is 1.35. The van der Waals surface area contributed by atoms with Gasteiger partial charge in [-0.05, 0) is 32.0 Å². The predicted octanol–water partition coefficient (Wildman–Crippen LogP) is 2.52. The Morgan fingerprint density at radius 2 is 1.97 bits per heavy atom. The number of rotatable bonds is 3. The van der Waals surface area contributed by atoms with Crippen molar-refractivity contribution < 1.29 is 17.9 Å². The maximum Gasteiger partial charge on any atom is 0.417 e. The zero-order chi connectivity index (χ0) is 22.5. The van der Waals surface area contributed by atoms with Gasteiger partial charge in [0.25, 0.3) is 0 Å². The van der Waals surface area contributed by atoms with E-state index < -0.39 is 11.7 Å². The number of imidazole rings is 1. The lowest BCUT2D eigenvalue weighted by Crippen LogP contribution is -2.52. The number of pyridine rings is 1. The van der Waals surface area contributed by atoms with E-state index in [9.17, 15) is 13.2 Å². The number of nitrogens with one attached hydrogen (secondary N) is 2. The summed E-state index contributed by atoms with van der Waals surface area (Å²) in [5, 5.41) is 0. The molecular weight excluding hydrogens is 423 g/mol. The molecule has 3 aromatic heterocycles. The van der Waals surface area contributed by atoms with Gasteiger partial charge in [-0.25, -0.2) is 15.0 Å². The molecule has 0 radical (unpaired) electrons. The number of fused-ring (bicyclic) bond motifs is 1. The Labute approximate surface area is 182 Å². The maximum atomic E-state index is 13.2. The summed E-state index contributed by atoms with van der Waals surface area (Å²) < 4.78 is 47.2. The maximum absolute atomic E-state index is 13.2. The number of morpholine rings is 1. The Kier molecular flexibility index (Phi) is 5.26. The molecule has 0 saturated carbocycles. The highest BCUT2D eigenvalue weighted by Gasteiger charge is 2.37. The molecule has 2 fully saturated rings. The third-order valence-corrected chi connectivity index (χ3v) is 6.10. The molecule has 2 aliphatic rings. The first kappa shape index (κ1) is 21.1. The lowest BCUT2D eigenvalue weighted by atomic mass is 9.95. The Hall–Kier alpha value is -2.76. The first-order valence-electron chi connectivity index (χ1n) is 10.6. The van der Waals surface area contributed by atoms with E-state index in [1.54, 1.807) is 6.20 Å². The summed E-state index contributed by atoms with van der Waals surface area (Å²) in [6.07, 6.45) is -0.247. The van der Waals surface area contributed by atoms with Gasteiger partial charge in [-0.3, -0.25) is 15.3 Å². The summed E-state index contributed by atoms with van der Waals surface area (Å²) in [6.45, 7) is 6.32. The van der Waals surface area contributed by atoms with E-state index >= 15 is 0 Å². The van der Waals surface area contributed by atoms with Crippen LogP contribution in [0.1, 0.15) is 19.4 Å². The number of hydrazine groups is 1. The SMILES string of the molecule is CC1NNCC1[C@@H]1CN(c2ccnc(-c3cnc4ccc(C(F)(F)F)cn34)n2)C[C@H](C)O1. The molecule has 5 heterocycles. The van der Waals surface area contributed by atoms with Gasteiger partial charge in [-0.2, -0.15) is 13.2 Å². The molecule has 170 valence electrons. The van der Waals surface area contributed by atoms with E-state index in [4.69, 9.17) is 4.74 Å². The number of anilines is 1. The van der Waals surface area contributed by atoms with Crippen molar-refractivity contribution in [2.45, 2.75) is 38.3 Å².